The molecule has 15 heavy (non-hydrogen) atoms. The highest BCUT2D eigenvalue weighted by molar-refractivity contribution is 5.74. The average molecular weight is 211 g/mol. The van der Waals surface area contributed by atoms with E-state index in [0.29, 0.717) is 18.4 Å². The lowest BCUT2D eigenvalue weighted by Gasteiger charge is -2.05. The van der Waals surface area contributed by atoms with Crippen LogP contribution in [-0.2, 0) is 9.53 Å². The number of nitrogens with zero attached hydrogens (tertiary/aromatic N) is 2. The van der Waals surface area contributed by atoms with Gasteiger partial charge in [0.1, 0.15) is 6.54 Å². The van der Waals surface area contributed by atoms with Crippen molar-refractivity contribution in [2.24, 2.45) is 0 Å². The predicted molar refractivity (Wildman–Crippen MR) is 53.7 cm³/mol. The zero-order valence-corrected chi connectivity index (χ0v) is 8.69. The van der Waals surface area contributed by atoms with Crippen LogP contribution in [-0.4, -0.2) is 36.2 Å². The Bertz CT molecular complexity index is 330. The second kappa shape index (κ2) is 5.79. The molecule has 0 aliphatic heterocycles. The zero-order chi connectivity index (χ0) is 11.1. The number of ether oxygens (including phenoxy) is 2. The second-order valence-corrected chi connectivity index (χ2v) is 2.58. The van der Waals surface area contributed by atoms with Gasteiger partial charge in [-0.3, -0.25) is 4.79 Å². The number of nitrogens with one attached hydrogen (secondary N) is 1. The first-order chi connectivity index (χ1) is 7.26. The zero-order valence-electron chi connectivity index (χ0n) is 8.69. The van der Waals surface area contributed by atoms with E-state index in [1.54, 1.807) is 19.2 Å². The second-order valence-electron chi connectivity index (χ2n) is 2.58. The van der Waals surface area contributed by atoms with Gasteiger partial charge in [0.15, 0.2) is 0 Å². The highest BCUT2D eigenvalue weighted by Crippen LogP contribution is 2.06. The van der Waals surface area contributed by atoms with E-state index >= 15 is 0 Å². The van der Waals surface area contributed by atoms with Crippen molar-refractivity contribution in [2.75, 3.05) is 25.6 Å². The molecule has 0 saturated heterocycles. The Balaban J connectivity index is 2.46. The van der Waals surface area contributed by atoms with Gasteiger partial charge in [0.25, 0.3) is 0 Å². The Hall–Kier alpha value is -1.85. The number of anilines is 1. The van der Waals surface area contributed by atoms with Crippen molar-refractivity contribution < 1.29 is 14.3 Å². The van der Waals surface area contributed by atoms with Crippen LogP contribution >= 0.6 is 0 Å². The highest BCUT2D eigenvalue weighted by Gasteiger charge is 2.03. The van der Waals surface area contributed by atoms with E-state index in [4.69, 9.17) is 9.47 Å². The summed E-state index contributed by atoms with van der Waals surface area (Å²) in [5.41, 5.74) is 0. The van der Waals surface area contributed by atoms with Gasteiger partial charge in [-0.05, 0) is 6.92 Å². The normalized spacial score (nSPS) is 9.47. The topological polar surface area (TPSA) is 73.3 Å². The van der Waals surface area contributed by atoms with Crippen molar-refractivity contribution in [1.82, 2.24) is 9.97 Å². The molecule has 6 heteroatoms. The van der Waals surface area contributed by atoms with Crippen molar-refractivity contribution in [3.8, 4) is 5.88 Å². The summed E-state index contributed by atoms with van der Waals surface area (Å²) < 4.78 is 9.63. The highest BCUT2D eigenvalue weighted by atomic mass is 16.5. The molecule has 1 N–H and O–H groups in total. The minimum Gasteiger partial charge on any atom is -0.481 e. The summed E-state index contributed by atoms with van der Waals surface area (Å²) in [5, 5.41) is 2.73. The van der Waals surface area contributed by atoms with Crippen LogP contribution in [0.25, 0.3) is 0 Å². The molecule has 0 saturated carbocycles. The third-order valence-corrected chi connectivity index (χ3v) is 1.54. The lowest BCUT2D eigenvalue weighted by Crippen LogP contribution is -2.17. The van der Waals surface area contributed by atoms with Gasteiger partial charge in [0, 0.05) is 12.3 Å². The van der Waals surface area contributed by atoms with Crippen molar-refractivity contribution in [1.29, 1.82) is 0 Å². The molecule has 1 rings (SSSR count). The van der Waals surface area contributed by atoms with E-state index < -0.39 is 0 Å². The lowest BCUT2D eigenvalue weighted by atomic mass is 10.6. The van der Waals surface area contributed by atoms with Crippen LogP contribution in [0.2, 0.25) is 0 Å². The van der Waals surface area contributed by atoms with Gasteiger partial charge in [-0.15, -0.1) is 0 Å². The molecule has 0 fully saturated rings. The van der Waals surface area contributed by atoms with Crippen molar-refractivity contribution in [3.05, 3.63) is 12.3 Å². The average Bonchev–Trinajstić information content (AvgIpc) is 2.27. The quantitative estimate of drug-likeness (QED) is 0.713. The van der Waals surface area contributed by atoms with Crippen molar-refractivity contribution >= 4 is 11.9 Å². The summed E-state index contributed by atoms with van der Waals surface area (Å²) in [6.07, 6.45) is 1.54. The minimum absolute atomic E-state index is 0.0427. The molecule has 0 aliphatic rings. The van der Waals surface area contributed by atoms with Gasteiger partial charge in [0.05, 0.1) is 13.7 Å². The number of rotatable bonds is 5. The summed E-state index contributed by atoms with van der Waals surface area (Å²) in [6, 6.07) is 1.62. The first kappa shape index (κ1) is 11.2. The molecular formula is C9H13N3O3. The fourth-order valence-corrected chi connectivity index (χ4v) is 0.904. The summed E-state index contributed by atoms with van der Waals surface area (Å²) in [4.78, 5) is 18.9. The van der Waals surface area contributed by atoms with Gasteiger partial charge < -0.3 is 14.8 Å². The maximum Gasteiger partial charge on any atom is 0.325 e. The van der Waals surface area contributed by atoms with Crippen LogP contribution in [0, 0.1) is 0 Å². The number of carbonyl (C=O) groups excluding carboxylic acids is 1. The number of hydrogen-bond acceptors (Lipinski definition) is 6. The van der Waals surface area contributed by atoms with E-state index in [0.717, 1.165) is 0 Å². The molecular weight excluding hydrogens is 198 g/mol. The first-order valence-corrected chi connectivity index (χ1v) is 4.52. The van der Waals surface area contributed by atoms with Gasteiger partial charge in [-0.1, -0.05) is 0 Å². The number of aromatic nitrogens is 2. The van der Waals surface area contributed by atoms with Gasteiger partial charge >= 0.3 is 5.97 Å². The smallest absolute Gasteiger partial charge is 0.325 e. The van der Waals surface area contributed by atoms with Crippen LogP contribution in [0.15, 0.2) is 12.3 Å². The molecule has 1 aromatic heterocycles. The number of hydrogen-bond donors (Lipinski definition) is 1. The Morgan fingerprint density at radius 1 is 1.60 bits per heavy atom. The lowest BCUT2D eigenvalue weighted by molar-refractivity contribution is -0.140. The monoisotopic (exact) mass is 211 g/mol. The fraction of sp³-hybridized carbons (Fsp3) is 0.444. The van der Waals surface area contributed by atoms with Crippen molar-refractivity contribution in [3.63, 3.8) is 0 Å². The van der Waals surface area contributed by atoms with Gasteiger partial charge in [-0.2, -0.15) is 4.98 Å². The van der Waals surface area contributed by atoms with E-state index in [2.05, 4.69) is 15.3 Å². The van der Waals surface area contributed by atoms with Crippen LogP contribution in [0.3, 0.4) is 0 Å². The maximum absolute atomic E-state index is 11.0. The first-order valence-electron chi connectivity index (χ1n) is 4.52. The summed E-state index contributed by atoms with van der Waals surface area (Å²) in [5.74, 6) is 0.433. The van der Waals surface area contributed by atoms with E-state index in [1.165, 1.54) is 7.11 Å². The molecule has 1 heterocycles. The Morgan fingerprint density at radius 3 is 3.07 bits per heavy atom. The van der Waals surface area contributed by atoms with E-state index in [9.17, 15) is 4.79 Å². The van der Waals surface area contributed by atoms with Crippen LogP contribution in [0.4, 0.5) is 5.95 Å². The number of methoxy groups -OCH3 is 1. The maximum atomic E-state index is 11.0. The molecule has 6 nitrogen and oxygen atoms in total. The molecule has 0 spiro atoms. The molecule has 0 bridgehead atoms. The number of carbonyl (C=O) groups is 1. The predicted octanol–water partition coefficient (Wildman–Crippen LogP) is 0.460. The molecule has 82 valence electrons. The van der Waals surface area contributed by atoms with E-state index in [-0.39, 0.29) is 12.5 Å². The van der Waals surface area contributed by atoms with Crippen LogP contribution in [0.1, 0.15) is 6.92 Å². The molecule has 0 unspecified atom stereocenters. The summed E-state index contributed by atoms with van der Waals surface area (Å²) in [6.45, 7) is 2.15. The standard InChI is InChI=1S/C9H13N3O3/c1-3-15-8(13)6-11-9-10-5-4-7(12-9)14-2/h4-5H,3,6H2,1-2H3,(H,10,11,12). The SMILES string of the molecule is CCOC(=O)CNc1nccc(OC)n1. The largest absolute Gasteiger partial charge is 0.481 e. The van der Waals surface area contributed by atoms with Gasteiger partial charge in [0.2, 0.25) is 11.8 Å². The summed E-state index contributed by atoms with van der Waals surface area (Å²) in [7, 11) is 1.51. The van der Waals surface area contributed by atoms with E-state index in [1.807, 2.05) is 0 Å². The van der Waals surface area contributed by atoms with Crippen LogP contribution in [0.5, 0.6) is 5.88 Å². The third-order valence-electron chi connectivity index (χ3n) is 1.54. The Morgan fingerprint density at radius 2 is 2.40 bits per heavy atom. The molecule has 0 amide bonds. The molecule has 1 aromatic rings. The molecule has 0 atom stereocenters. The third kappa shape index (κ3) is 3.80. The number of esters is 1. The minimum atomic E-state index is -0.344. The molecule has 0 aromatic carbocycles. The van der Waals surface area contributed by atoms with Crippen molar-refractivity contribution in [2.45, 2.75) is 6.92 Å². The van der Waals surface area contributed by atoms with Gasteiger partial charge in [-0.25, -0.2) is 4.98 Å². The fourth-order valence-electron chi connectivity index (χ4n) is 0.904. The van der Waals surface area contributed by atoms with Crippen LogP contribution < -0.4 is 10.1 Å². The molecule has 0 aliphatic carbocycles. The molecule has 0 radical (unpaired) electrons. The Kier molecular flexibility index (Phi) is 4.33. The Labute approximate surface area is 87.6 Å². The summed E-state index contributed by atoms with van der Waals surface area (Å²) >= 11 is 0.